The molecule has 0 amide bonds. The number of aliphatic imine (C=N–C) groups is 1. The van der Waals surface area contributed by atoms with E-state index >= 15 is 0 Å². The van der Waals surface area contributed by atoms with E-state index in [4.69, 9.17) is 0 Å². The van der Waals surface area contributed by atoms with Crippen LogP contribution in [0.3, 0.4) is 0 Å². The number of hydrogen-bond donors (Lipinski definition) is 0. The van der Waals surface area contributed by atoms with Gasteiger partial charge in [-0.05, 0) is 19.7 Å². The second-order valence-corrected chi connectivity index (χ2v) is 1.78. The maximum atomic E-state index is 3.88. The highest BCUT2D eigenvalue weighted by Gasteiger charge is 1.89. The fraction of sp³-hybridized carbons (Fsp3) is 0.167. The lowest BCUT2D eigenvalue weighted by molar-refractivity contribution is 0.718. The Bertz CT molecular complexity index is 248. The number of hydrogen-bond acceptors (Lipinski definition) is 2. The van der Waals surface area contributed by atoms with Crippen molar-refractivity contribution in [2.75, 3.05) is 0 Å². The Hall–Kier alpha value is -1.45. The number of aryl methyl sites for hydroxylation is 1. The Balaban J connectivity index is 2.83. The standard InChI is InChI=1S/C6H8N4/c1-6-3-4-8-10(6)9-5-7-2/h3-5H,2H2,1H3/b9-5-. The van der Waals surface area contributed by atoms with Crippen molar-refractivity contribution < 1.29 is 0 Å². The molecule has 0 atom stereocenters. The lowest BCUT2D eigenvalue weighted by Crippen LogP contribution is -1.92. The predicted octanol–water partition coefficient (Wildman–Crippen LogP) is 0.684. The smallest absolute Gasteiger partial charge is 0.137 e. The van der Waals surface area contributed by atoms with Crippen LogP contribution in [0.5, 0.6) is 0 Å². The average Bonchev–Trinajstić information content (AvgIpc) is 2.31. The van der Waals surface area contributed by atoms with Gasteiger partial charge in [0.2, 0.25) is 0 Å². The van der Waals surface area contributed by atoms with Crippen LogP contribution in [0.2, 0.25) is 0 Å². The number of nitrogens with zero attached hydrogens (tertiary/aromatic N) is 4. The zero-order chi connectivity index (χ0) is 7.40. The zero-order valence-electron chi connectivity index (χ0n) is 5.73. The second kappa shape index (κ2) is 2.91. The van der Waals surface area contributed by atoms with Crippen molar-refractivity contribution in [2.24, 2.45) is 10.1 Å². The van der Waals surface area contributed by atoms with Gasteiger partial charge in [0.15, 0.2) is 0 Å². The summed E-state index contributed by atoms with van der Waals surface area (Å²) in [5.74, 6) is 0. The summed E-state index contributed by atoms with van der Waals surface area (Å²) in [7, 11) is 0. The van der Waals surface area contributed by atoms with Gasteiger partial charge in [0.05, 0.1) is 11.9 Å². The van der Waals surface area contributed by atoms with Gasteiger partial charge in [0.25, 0.3) is 0 Å². The Labute approximate surface area is 58.9 Å². The van der Waals surface area contributed by atoms with Gasteiger partial charge < -0.3 is 0 Å². The molecule has 0 spiro atoms. The van der Waals surface area contributed by atoms with Crippen molar-refractivity contribution in [3.63, 3.8) is 0 Å². The molecular weight excluding hydrogens is 128 g/mol. The molecule has 10 heavy (non-hydrogen) atoms. The first kappa shape index (κ1) is 6.67. The summed E-state index contributed by atoms with van der Waals surface area (Å²) in [5, 5.41) is 7.72. The first-order valence-corrected chi connectivity index (χ1v) is 2.84. The molecule has 0 unspecified atom stereocenters. The first-order valence-electron chi connectivity index (χ1n) is 2.84. The molecule has 1 heterocycles. The van der Waals surface area contributed by atoms with Crippen molar-refractivity contribution in [1.29, 1.82) is 0 Å². The minimum atomic E-state index is 0.972. The van der Waals surface area contributed by atoms with E-state index in [0.717, 1.165) is 5.69 Å². The molecule has 0 aliphatic heterocycles. The third kappa shape index (κ3) is 1.28. The third-order valence-electron chi connectivity index (χ3n) is 1.05. The van der Waals surface area contributed by atoms with Crippen molar-refractivity contribution in [3.05, 3.63) is 18.0 Å². The average molecular weight is 136 g/mol. The summed E-state index contributed by atoms with van der Waals surface area (Å²) >= 11 is 0. The van der Waals surface area contributed by atoms with E-state index in [1.807, 2.05) is 13.0 Å². The molecule has 1 aromatic rings. The monoisotopic (exact) mass is 136 g/mol. The number of aromatic nitrogens is 2. The number of rotatable bonds is 2. The van der Waals surface area contributed by atoms with Gasteiger partial charge in [-0.25, -0.2) is 0 Å². The van der Waals surface area contributed by atoms with Crippen molar-refractivity contribution in [1.82, 2.24) is 9.89 Å². The summed E-state index contributed by atoms with van der Waals surface area (Å²) in [6.07, 6.45) is 3.02. The van der Waals surface area contributed by atoms with Gasteiger partial charge in [0, 0.05) is 0 Å². The summed E-state index contributed by atoms with van der Waals surface area (Å²) in [6.45, 7) is 5.16. The van der Waals surface area contributed by atoms with Gasteiger partial charge in [-0.1, -0.05) is 0 Å². The molecule has 4 nitrogen and oxygen atoms in total. The lowest BCUT2D eigenvalue weighted by Gasteiger charge is -1.90. The van der Waals surface area contributed by atoms with Crippen molar-refractivity contribution >= 4 is 13.1 Å². The molecule has 0 saturated carbocycles. The van der Waals surface area contributed by atoms with E-state index in [1.165, 1.54) is 11.1 Å². The fourth-order valence-corrected chi connectivity index (χ4v) is 0.568. The minimum Gasteiger partial charge on any atom is -0.251 e. The van der Waals surface area contributed by atoms with Crippen molar-refractivity contribution in [3.8, 4) is 0 Å². The molecule has 52 valence electrons. The summed E-state index contributed by atoms with van der Waals surface area (Å²) < 4.78 is 0. The highest BCUT2D eigenvalue weighted by molar-refractivity contribution is 5.61. The van der Waals surface area contributed by atoms with E-state index in [2.05, 4.69) is 21.9 Å². The summed E-state index contributed by atoms with van der Waals surface area (Å²) in [6, 6.07) is 1.86. The molecule has 0 bridgehead atoms. The molecule has 0 fully saturated rings. The van der Waals surface area contributed by atoms with E-state index < -0.39 is 0 Å². The van der Waals surface area contributed by atoms with E-state index in [0.29, 0.717) is 0 Å². The van der Waals surface area contributed by atoms with E-state index in [9.17, 15) is 0 Å². The van der Waals surface area contributed by atoms with Gasteiger partial charge in [-0.15, -0.1) is 5.10 Å². The predicted molar refractivity (Wildman–Crippen MR) is 40.4 cm³/mol. The maximum Gasteiger partial charge on any atom is 0.137 e. The third-order valence-corrected chi connectivity index (χ3v) is 1.05. The molecule has 0 aliphatic carbocycles. The molecule has 1 aromatic heterocycles. The van der Waals surface area contributed by atoms with Crippen LogP contribution >= 0.6 is 0 Å². The van der Waals surface area contributed by atoms with E-state index in [-0.39, 0.29) is 0 Å². The molecule has 0 aromatic carbocycles. The van der Waals surface area contributed by atoms with Crippen LogP contribution < -0.4 is 0 Å². The SMILES string of the molecule is C=N/C=N\n1nccc1C. The molecule has 0 N–H and O–H groups in total. The van der Waals surface area contributed by atoms with Gasteiger partial charge in [0.1, 0.15) is 6.34 Å². The van der Waals surface area contributed by atoms with Gasteiger partial charge in [-0.2, -0.15) is 9.89 Å². The van der Waals surface area contributed by atoms with Gasteiger partial charge >= 0.3 is 0 Å². The zero-order valence-corrected chi connectivity index (χ0v) is 5.73. The topological polar surface area (TPSA) is 42.5 Å². The molecule has 0 radical (unpaired) electrons. The van der Waals surface area contributed by atoms with Crippen molar-refractivity contribution in [2.45, 2.75) is 6.92 Å². The highest BCUT2D eigenvalue weighted by Crippen LogP contribution is 1.93. The Morgan fingerprint density at radius 1 is 1.80 bits per heavy atom. The minimum absolute atomic E-state index is 0.972. The quantitative estimate of drug-likeness (QED) is 0.435. The first-order chi connectivity index (χ1) is 4.84. The molecule has 4 heteroatoms. The van der Waals surface area contributed by atoms with Crippen LogP contribution in [0.15, 0.2) is 22.4 Å². The van der Waals surface area contributed by atoms with Crippen LogP contribution in [0.25, 0.3) is 0 Å². The summed E-state index contributed by atoms with van der Waals surface area (Å²) in [5.41, 5.74) is 0.972. The van der Waals surface area contributed by atoms with E-state index in [1.54, 1.807) is 6.20 Å². The molecular formula is C6H8N4. The van der Waals surface area contributed by atoms with Crippen LogP contribution in [0.4, 0.5) is 0 Å². The molecule has 1 rings (SSSR count). The molecule has 0 saturated heterocycles. The van der Waals surface area contributed by atoms with Crippen LogP contribution in [-0.2, 0) is 0 Å². The van der Waals surface area contributed by atoms with Crippen LogP contribution in [-0.4, -0.2) is 22.9 Å². The lowest BCUT2D eigenvalue weighted by atomic mass is 10.5. The summed E-state index contributed by atoms with van der Waals surface area (Å²) in [4.78, 5) is 4.93. The maximum absolute atomic E-state index is 3.88. The van der Waals surface area contributed by atoms with Crippen LogP contribution in [0.1, 0.15) is 5.69 Å². The van der Waals surface area contributed by atoms with Gasteiger partial charge in [-0.3, -0.25) is 4.99 Å². The Morgan fingerprint density at radius 2 is 2.60 bits per heavy atom. The largest absolute Gasteiger partial charge is 0.251 e. The molecule has 0 aliphatic rings. The highest BCUT2D eigenvalue weighted by atomic mass is 15.5. The Morgan fingerprint density at radius 3 is 3.10 bits per heavy atom. The normalized spacial score (nSPS) is 10.5. The van der Waals surface area contributed by atoms with Crippen LogP contribution in [0, 0.1) is 6.92 Å². The second-order valence-electron chi connectivity index (χ2n) is 1.78. The Kier molecular flexibility index (Phi) is 1.94. The fourth-order valence-electron chi connectivity index (χ4n) is 0.568.